The van der Waals surface area contributed by atoms with E-state index in [0.29, 0.717) is 6.61 Å². The van der Waals surface area contributed by atoms with Gasteiger partial charge in [0.2, 0.25) is 0 Å². The lowest BCUT2D eigenvalue weighted by molar-refractivity contribution is -0.121. The van der Waals surface area contributed by atoms with Gasteiger partial charge in [-0.1, -0.05) is 60.7 Å². The molecule has 4 heteroatoms. The van der Waals surface area contributed by atoms with Crippen molar-refractivity contribution >= 4 is 12.1 Å². The molecule has 0 saturated carbocycles. The SMILES string of the molecule is CCOc1ccc(/C=N/NC(=O)C(c2ccccc2)c2ccccc2)cc1. The van der Waals surface area contributed by atoms with Gasteiger partial charge >= 0.3 is 0 Å². The van der Waals surface area contributed by atoms with Crippen LogP contribution in [0.2, 0.25) is 0 Å². The molecule has 0 aliphatic heterocycles. The van der Waals surface area contributed by atoms with E-state index in [1.54, 1.807) is 6.21 Å². The van der Waals surface area contributed by atoms with Gasteiger partial charge in [0.15, 0.2) is 0 Å². The van der Waals surface area contributed by atoms with Crippen molar-refractivity contribution in [2.75, 3.05) is 6.61 Å². The molecule has 3 rings (SSSR count). The number of hydrazone groups is 1. The number of benzene rings is 3. The maximum Gasteiger partial charge on any atom is 0.252 e. The molecule has 0 fully saturated rings. The Morgan fingerprint density at radius 2 is 1.48 bits per heavy atom. The smallest absolute Gasteiger partial charge is 0.252 e. The van der Waals surface area contributed by atoms with Crippen molar-refractivity contribution in [1.29, 1.82) is 0 Å². The van der Waals surface area contributed by atoms with E-state index in [1.165, 1.54) is 0 Å². The zero-order valence-corrected chi connectivity index (χ0v) is 15.2. The molecule has 27 heavy (non-hydrogen) atoms. The summed E-state index contributed by atoms with van der Waals surface area (Å²) in [7, 11) is 0. The number of amides is 1. The molecule has 0 aliphatic carbocycles. The van der Waals surface area contributed by atoms with Gasteiger partial charge < -0.3 is 4.74 Å². The minimum Gasteiger partial charge on any atom is -0.494 e. The van der Waals surface area contributed by atoms with E-state index < -0.39 is 5.92 Å². The van der Waals surface area contributed by atoms with Crippen molar-refractivity contribution in [2.45, 2.75) is 12.8 Å². The molecule has 0 aromatic heterocycles. The molecule has 0 heterocycles. The van der Waals surface area contributed by atoms with E-state index in [2.05, 4.69) is 10.5 Å². The van der Waals surface area contributed by atoms with Gasteiger partial charge in [0.25, 0.3) is 5.91 Å². The van der Waals surface area contributed by atoms with Crippen LogP contribution in [0.1, 0.15) is 29.5 Å². The predicted octanol–water partition coefficient (Wildman–Crippen LogP) is 4.37. The Morgan fingerprint density at radius 3 is 2.00 bits per heavy atom. The molecule has 0 saturated heterocycles. The molecule has 3 aromatic rings. The summed E-state index contributed by atoms with van der Waals surface area (Å²) in [6, 6.07) is 27.0. The number of ether oxygens (including phenoxy) is 1. The molecule has 0 radical (unpaired) electrons. The molecule has 4 nitrogen and oxygen atoms in total. The average molecular weight is 358 g/mol. The fourth-order valence-corrected chi connectivity index (χ4v) is 2.84. The van der Waals surface area contributed by atoms with Crippen molar-refractivity contribution in [2.24, 2.45) is 5.10 Å². The van der Waals surface area contributed by atoms with Crippen LogP contribution >= 0.6 is 0 Å². The Morgan fingerprint density at radius 1 is 0.926 bits per heavy atom. The molecular formula is C23H22N2O2. The normalized spacial score (nSPS) is 10.9. The van der Waals surface area contributed by atoms with Crippen molar-refractivity contribution < 1.29 is 9.53 Å². The van der Waals surface area contributed by atoms with E-state index in [-0.39, 0.29) is 5.91 Å². The first-order valence-corrected chi connectivity index (χ1v) is 8.93. The van der Waals surface area contributed by atoms with Crippen molar-refractivity contribution in [3.63, 3.8) is 0 Å². The van der Waals surface area contributed by atoms with Gasteiger partial charge in [0.1, 0.15) is 5.75 Å². The van der Waals surface area contributed by atoms with E-state index in [0.717, 1.165) is 22.4 Å². The third-order valence-electron chi connectivity index (χ3n) is 4.11. The molecule has 0 spiro atoms. The first-order valence-electron chi connectivity index (χ1n) is 8.93. The Hall–Kier alpha value is -3.40. The van der Waals surface area contributed by atoms with Crippen molar-refractivity contribution in [3.8, 4) is 5.75 Å². The number of nitrogens with one attached hydrogen (secondary N) is 1. The summed E-state index contributed by atoms with van der Waals surface area (Å²) >= 11 is 0. The molecular weight excluding hydrogens is 336 g/mol. The summed E-state index contributed by atoms with van der Waals surface area (Å²) in [5.74, 6) is 0.228. The van der Waals surface area contributed by atoms with Gasteiger partial charge in [-0.3, -0.25) is 4.79 Å². The molecule has 3 aromatic carbocycles. The topological polar surface area (TPSA) is 50.7 Å². The number of carbonyl (C=O) groups is 1. The van der Waals surface area contributed by atoms with Crippen LogP contribution in [0.3, 0.4) is 0 Å². The van der Waals surface area contributed by atoms with Crippen LogP contribution in [0, 0.1) is 0 Å². The summed E-state index contributed by atoms with van der Waals surface area (Å²) < 4.78 is 5.42. The monoisotopic (exact) mass is 358 g/mol. The largest absolute Gasteiger partial charge is 0.494 e. The quantitative estimate of drug-likeness (QED) is 0.504. The zero-order chi connectivity index (χ0) is 18.9. The minimum absolute atomic E-state index is 0.172. The van der Waals surface area contributed by atoms with Gasteiger partial charge in [-0.2, -0.15) is 5.10 Å². The fraction of sp³-hybridized carbons (Fsp3) is 0.130. The second-order valence-electron chi connectivity index (χ2n) is 5.99. The number of rotatable bonds is 7. The first-order chi connectivity index (χ1) is 13.3. The van der Waals surface area contributed by atoms with Gasteiger partial charge in [-0.05, 0) is 47.9 Å². The van der Waals surface area contributed by atoms with E-state index in [4.69, 9.17) is 4.74 Å². The Labute approximate surface area is 159 Å². The summed E-state index contributed by atoms with van der Waals surface area (Å²) in [6.45, 7) is 2.57. The Kier molecular flexibility index (Phi) is 6.36. The van der Waals surface area contributed by atoms with E-state index >= 15 is 0 Å². The first kappa shape index (κ1) is 18.4. The molecule has 1 N–H and O–H groups in total. The van der Waals surface area contributed by atoms with Crippen molar-refractivity contribution in [1.82, 2.24) is 5.43 Å². The summed E-state index contributed by atoms with van der Waals surface area (Å²) in [4.78, 5) is 12.8. The molecule has 0 unspecified atom stereocenters. The van der Waals surface area contributed by atoms with E-state index in [1.807, 2.05) is 91.9 Å². The van der Waals surface area contributed by atoms with Crippen LogP contribution < -0.4 is 10.2 Å². The highest BCUT2D eigenvalue weighted by Crippen LogP contribution is 2.24. The highest BCUT2D eigenvalue weighted by atomic mass is 16.5. The third-order valence-corrected chi connectivity index (χ3v) is 4.11. The summed E-state index contributed by atoms with van der Waals surface area (Å²) in [5.41, 5.74) is 5.41. The molecule has 0 atom stereocenters. The molecule has 136 valence electrons. The lowest BCUT2D eigenvalue weighted by Gasteiger charge is -2.16. The fourth-order valence-electron chi connectivity index (χ4n) is 2.84. The summed E-state index contributed by atoms with van der Waals surface area (Å²) in [6.07, 6.45) is 1.63. The second kappa shape index (κ2) is 9.34. The number of hydrogen-bond donors (Lipinski definition) is 1. The standard InChI is InChI=1S/C23H22N2O2/c1-2-27-21-15-13-18(14-16-21)17-24-25-23(26)22(19-9-5-3-6-10-19)20-11-7-4-8-12-20/h3-17,22H,2H2,1H3,(H,25,26)/b24-17+. The number of nitrogens with zero attached hydrogens (tertiary/aromatic N) is 1. The highest BCUT2D eigenvalue weighted by Gasteiger charge is 2.22. The average Bonchev–Trinajstić information content (AvgIpc) is 2.71. The van der Waals surface area contributed by atoms with Crippen LogP contribution in [0.4, 0.5) is 0 Å². The van der Waals surface area contributed by atoms with Gasteiger partial charge in [-0.25, -0.2) is 5.43 Å². The van der Waals surface area contributed by atoms with Crippen LogP contribution in [0.15, 0.2) is 90.0 Å². The van der Waals surface area contributed by atoms with Crippen LogP contribution in [-0.4, -0.2) is 18.7 Å². The van der Waals surface area contributed by atoms with Crippen LogP contribution in [0.5, 0.6) is 5.75 Å². The van der Waals surface area contributed by atoms with Crippen molar-refractivity contribution in [3.05, 3.63) is 102 Å². The molecule has 0 aliphatic rings. The van der Waals surface area contributed by atoms with Gasteiger partial charge in [0.05, 0.1) is 18.7 Å². The van der Waals surface area contributed by atoms with Crippen LogP contribution in [0.25, 0.3) is 0 Å². The third kappa shape index (κ3) is 5.05. The Balaban J connectivity index is 1.73. The molecule has 0 bridgehead atoms. The van der Waals surface area contributed by atoms with Gasteiger partial charge in [-0.15, -0.1) is 0 Å². The lowest BCUT2D eigenvalue weighted by Crippen LogP contribution is -2.26. The number of hydrogen-bond acceptors (Lipinski definition) is 3. The maximum atomic E-state index is 12.8. The van der Waals surface area contributed by atoms with Crippen LogP contribution in [-0.2, 0) is 4.79 Å². The lowest BCUT2D eigenvalue weighted by atomic mass is 9.91. The maximum absolute atomic E-state index is 12.8. The Bertz CT molecular complexity index is 836. The highest BCUT2D eigenvalue weighted by molar-refractivity contribution is 5.88. The number of carbonyl (C=O) groups excluding carboxylic acids is 1. The second-order valence-corrected chi connectivity index (χ2v) is 5.99. The molecule has 1 amide bonds. The van der Waals surface area contributed by atoms with E-state index in [9.17, 15) is 4.79 Å². The predicted molar refractivity (Wildman–Crippen MR) is 108 cm³/mol. The summed E-state index contributed by atoms with van der Waals surface area (Å²) in [5, 5.41) is 4.12. The van der Waals surface area contributed by atoms with Gasteiger partial charge in [0, 0.05) is 0 Å². The zero-order valence-electron chi connectivity index (χ0n) is 15.2. The minimum atomic E-state index is -0.412.